The van der Waals surface area contributed by atoms with Crippen LogP contribution < -0.4 is 5.32 Å². The zero-order valence-corrected chi connectivity index (χ0v) is 17.3. The SMILES string of the molecule is O=C(C=Cc1nc2ccccc2s1)Nc1ccc(C(=O)N2CCCCC2)c(Cl)c1. The topological polar surface area (TPSA) is 62.3 Å². The van der Waals surface area contributed by atoms with Crippen LogP contribution in [0, 0.1) is 0 Å². The quantitative estimate of drug-likeness (QED) is 0.582. The molecule has 0 atom stereocenters. The lowest BCUT2D eigenvalue weighted by Gasteiger charge is -2.27. The highest BCUT2D eigenvalue weighted by Gasteiger charge is 2.20. The molecule has 148 valence electrons. The Hall–Kier alpha value is -2.70. The third-order valence-corrected chi connectivity index (χ3v) is 6.11. The maximum atomic E-state index is 12.6. The number of rotatable bonds is 4. The summed E-state index contributed by atoms with van der Waals surface area (Å²) in [4.78, 5) is 31.2. The Bertz CT molecular complexity index is 1050. The molecule has 0 bridgehead atoms. The standard InChI is InChI=1S/C22H20ClN3O2S/c23-17-14-15(8-9-16(17)22(28)26-12-4-1-5-13-26)24-20(27)10-11-21-25-18-6-2-3-7-19(18)29-21/h2-3,6-11,14H,1,4-5,12-13H2,(H,24,27). The van der Waals surface area contributed by atoms with E-state index in [2.05, 4.69) is 10.3 Å². The molecule has 5 nitrogen and oxygen atoms in total. The Morgan fingerprint density at radius 1 is 1.10 bits per heavy atom. The van der Waals surface area contributed by atoms with E-state index in [-0.39, 0.29) is 11.8 Å². The maximum absolute atomic E-state index is 12.6. The molecule has 0 radical (unpaired) electrons. The minimum absolute atomic E-state index is 0.0525. The van der Waals surface area contributed by atoms with Crippen molar-refractivity contribution in [2.45, 2.75) is 19.3 Å². The molecule has 4 rings (SSSR count). The lowest BCUT2D eigenvalue weighted by Crippen LogP contribution is -2.35. The van der Waals surface area contributed by atoms with Gasteiger partial charge in [0.05, 0.1) is 20.8 Å². The molecule has 1 aliphatic rings. The second-order valence-corrected chi connectivity index (χ2v) is 8.36. The molecule has 2 amide bonds. The van der Waals surface area contributed by atoms with Crippen LogP contribution in [0.3, 0.4) is 0 Å². The number of aromatic nitrogens is 1. The Balaban J connectivity index is 1.41. The van der Waals surface area contributed by atoms with Crippen molar-refractivity contribution in [1.82, 2.24) is 9.88 Å². The zero-order chi connectivity index (χ0) is 20.2. The van der Waals surface area contributed by atoms with Gasteiger partial charge in [-0.15, -0.1) is 11.3 Å². The van der Waals surface area contributed by atoms with Gasteiger partial charge in [0.25, 0.3) is 5.91 Å². The number of likely N-dealkylation sites (tertiary alicyclic amines) is 1. The lowest BCUT2D eigenvalue weighted by molar-refractivity contribution is -0.111. The van der Waals surface area contributed by atoms with Gasteiger partial charge in [0, 0.05) is 24.9 Å². The number of nitrogens with one attached hydrogen (secondary N) is 1. The van der Waals surface area contributed by atoms with Crippen LogP contribution >= 0.6 is 22.9 Å². The third kappa shape index (κ3) is 4.66. The number of hydrogen-bond donors (Lipinski definition) is 1. The number of halogens is 1. The number of carbonyl (C=O) groups is 2. The van der Waals surface area contributed by atoms with Crippen LogP contribution in [0.5, 0.6) is 0 Å². The minimum atomic E-state index is -0.282. The van der Waals surface area contributed by atoms with Gasteiger partial charge in [-0.25, -0.2) is 4.98 Å². The summed E-state index contributed by atoms with van der Waals surface area (Å²) < 4.78 is 1.08. The van der Waals surface area contributed by atoms with Crippen LogP contribution in [-0.4, -0.2) is 34.8 Å². The lowest BCUT2D eigenvalue weighted by atomic mass is 10.1. The van der Waals surface area contributed by atoms with E-state index in [1.807, 2.05) is 29.2 Å². The van der Waals surface area contributed by atoms with Crippen molar-refractivity contribution in [3.63, 3.8) is 0 Å². The summed E-state index contributed by atoms with van der Waals surface area (Å²) in [6, 6.07) is 12.8. The van der Waals surface area contributed by atoms with E-state index in [4.69, 9.17) is 11.6 Å². The molecule has 2 heterocycles. The predicted molar refractivity (Wildman–Crippen MR) is 118 cm³/mol. The number of anilines is 1. The number of fused-ring (bicyclic) bond motifs is 1. The Labute approximate surface area is 178 Å². The fourth-order valence-corrected chi connectivity index (χ4v) is 4.46. The van der Waals surface area contributed by atoms with Gasteiger partial charge in [-0.2, -0.15) is 0 Å². The number of amides is 2. The summed E-state index contributed by atoms with van der Waals surface area (Å²) in [5, 5.41) is 3.88. The van der Waals surface area contributed by atoms with E-state index < -0.39 is 0 Å². The summed E-state index contributed by atoms with van der Waals surface area (Å²) in [5.74, 6) is -0.335. The molecule has 0 aliphatic carbocycles. The Morgan fingerprint density at radius 3 is 2.66 bits per heavy atom. The Morgan fingerprint density at radius 2 is 1.90 bits per heavy atom. The second-order valence-electron chi connectivity index (χ2n) is 6.89. The molecule has 7 heteroatoms. The van der Waals surface area contributed by atoms with Gasteiger partial charge >= 0.3 is 0 Å². The van der Waals surface area contributed by atoms with E-state index in [0.717, 1.165) is 47.6 Å². The number of thiazole rings is 1. The number of nitrogens with zero attached hydrogens (tertiary/aromatic N) is 2. The second kappa shape index (κ2) is 8.76. The first-order valence-electron chi connectivity index (χ1n) is 9.53. The van der Waals surface area contributed by atoms with Crippen molar-refractivity contribution in [1.29, 1.82) is 0 Å². The number of benzene rings is 2. The van der Waals surface area contributed by atoms with Crippen molar-refractivity contribution in [3.05, 3.63) is 64.1 Å². The highest BCUT2D eigenvalue weighted by atomic mass is 35.5. The fourth-order valence-electron chi connectivity index (χ4n) is 3.33. The van der Waals surface area contributed by atoms with Crippen LogP contribution in [0.15, 0.2) is 48.5 Å². The molecule has 0 saturated carbocycles. The minimum Gasteiger partial charge on any atom is -0.339 e. The van der Waals surface area contributed by atoms with Gasteiger partial charge in [0.1, 0.15) is 5.01 Å². The molecular weight excluding hydrogens is 406 g/mol. The van der Waals surface area contributed by atoms with Crippen molar-refractivity contribution < 1.29 is 9.59 Å². The fraction of sp³-hybridized carbons (Fsp3) is 0.227. The van der Waals surface area contributed by atoms with Crippen LogP contribution in [-0.2, 0) is 4.79 Å². The van der Waals surface area contributed by atoms with Crippen LogP contribution in [0.2, 0.25) is 5.02 Å². The Kier molecular flexibility index (Phi) is 5.92. The van der Waals surface area contributed by atoms with E-state index in [1.165, 1.54) is 17.4 Å². The molecule has 1 saturated heterocycles. The smallest absolute Gasteiger partial charge is 0.255 e. The van der Waals surface area contributed by atoms with E-state index in [1.54, 1.807) is 24.3 Å². The van der Waals surface area contributed by atoms with Crippen LogP contribution in [0.4, 0.5) is 5.69 Å². The maximum Gasteiger partial charge on any atom is 0.255 e. The average Bonchev–Trinajstić information content (AvgIpc) is 3.16. The van der Waals surface area contributed by atoms with Crippen LogP contribution in [0.1, 0.15) is 34.6 Å². The summed E-state index contributed by atoms with van der Waals surface area (Å²) in [5.41, 5.74) is 1.93. The molecule has 29 heavy (non-hydrogen) atoms. The van der Waals surface area contributed by atoms with Gasteiger partial charge in [-0.3, -0.25) is 9.59 Å². The summed E-state index contributed by atoms with van der Waals surface area (Å²) in [6.07, 6.45) is 6.35. The van der Waals surface area contributed by atoms with E-state index in [0.29, 0.717) is 16.3 Å². The summed E-state index contributed by atoms with van der Waals surface area (Å²) >= 11 is 7.85. The molecule has 2 aromatic carbocycles. The first kappa shape index (κ1) is 19.6. The number of hydrogen-bond acceptors (Lipinski definition) is 4. The average molecular weight is 426 g/mol. The first-order valence-corrected chi connectivity index (χ1v) is 10.7. The normalized spacial score (nSPS) is 14.4. The van der Waals surface area contributed by atoms with Crippen molar-refractivity contribution in [2.24, 2.45) is 0 Å². The van der Waals surface area contributed by atoms with Crippen molar-refractivity contribution >= 4 is 56.7 Å². The highest BCUT2D eigenvalue weighted by Crippen LogP contribution is 2.25. The molecule has 1 N–H and O–H groups in total. The molecular formula is C22H20ClN3O2S. The van der Waals surface area contributed by atoms with Gasteiger partial charge in [-0.1, -0.05) is 23.7 Å². The number of para-hydroxylation sites is 1. The van der Waals surface area contributed by atoms with E-state index >= 15 is 0 Å². The van der Waals surface area contributed by atoms with Gasteiger partial charge in [0.15, 0.2) is 0 Å². The molecule has 1 aliphatic heterocycles. The van der Waals surface area contributed by atoms with Crippen molar-refractivity contribution in [3.8, 4) is 0 Å². The summed E-state index contributed by atoms with van der Waals surface area (Å²) in [7, 11) is 0. The van der Waals surface area contributed by atoms with Gasteiger partial charge in [-0.05, 0) is 55.7 Å². The predicted octanol–water partition coefficient (Wildman–Crippen LogP) is 5.23. The first-order chi connectivity index (χ1) is 14.1. The van der Waals surface area contributed by atoms with Gasteiger partial charge in [0.2, 0.25) is 5.91 Å². The number of piperidine rings is 1. The zero-order valence-electron chi connectivity index (χ0n) is 15.7. The number of carbonyl (C=O) groups excluding carboxylic acids is 2. The molecule has 0 spiro atoms. The summed E-state index contributed by atoms with van der Waals surface area (Å²) in [6.45, 7) is 1.54. The largest absolute Gasteiger partial charge is 0.339 e. The van der Waals surface area contributed by atoms with Gasteiger partial charge < -0.3 is 10.2 Å². The molecule has 1 aromatic heterocycles. The van der Waals surface area contributed by atoms with E-state index in [9.17, 15) is 9.59 Å². The van der Waals surface area contributed by atoms with Crippen LogP contribution in [0.25, 0.3) is 16.3 Å². The molecule has 0 unspecified atom stereocenters. The molecule has 3 aromatic rings. The van der Waals surface area contributed by atoms with Crippen molar-refractivity contribution in [2.75, 3.05) is 18.4 Å². The monoisotopic (exact) mass is 425 g/mol. The highest BCUT2D eigenvalue weighted by molar-refractivity contribution is 7.19. The molecule has 1 fully saturated rings. The third-order valence-electron chi connectivity index (χ3n) is 4.80.